The van der Waals surface area contributed by atoms with Gasteiger partial charge in [0, 0.05) is 10.0 Å². The van der Waals surface area contributed by atoms with Crippen LogP contribution in [-0.4, -0.2) is 45.9 Å². The number of ether oxygens (including phenoxy) is 4. The van der Waals surface area contributed by atoms with E-state index in [1.165, 1.54) is 7.11 Å². The summed E-state index contributed by atoms with van der Waals surface area (Å²) in [6.45, 7) is 1.23. The first kappa shape index (κ1) is 14.3. The largest absolute Gasteiger partial charge is 0.493 e. The van der Waals surface area contributed by atoms with Gasteiger partial charge in [0.05, 0.1) is 34.0 Å². The summed E-state index contributed by atoms with van der Waals surface area (Å²) < 4.78 is 21.7. The van der Waals surface area contributed by atoms with Crippen molar-refractivity contribution in [2.45, 2.75) is 6.10 Å². The highest BCUT2D eigenvalue weighted by Crippen LogP contribution is 2.34. The van der Waals surface area contributed by atoms with Crippen LogP contribution in [0.25, 0.3) is 0 Å². The minimum Gasteiger partial charge on any atom is -0.493 e. The molecule has 1 heterocycles. The van der Waals surface area contributed by atoms with E-state index in [2.05, 4.69) is 15.9 Å². The SMILES string of the molecule is COc1cc(Br)c(C(=O)C2COCCO2)cc1OC. The van der Waals surface area contributed by atoms with Gasteiger partial charge in [-0.1, -0.05) is 0 Å². The Morgan fingerprint density at radius 3 is 2.53 bits per heavy atom. The van der Waals surface area contributed by atoms with Crippen LogP contribution in [-0.2, 0) is 9.47 Å². The summed E-state index contributed by atoms with van der Waals surface area (Å²) in [5.41, 5.74) is 0.494. The highest BCUT2D eigenvalue weighted by molar-refractivity contribution is 9.10. The van der Waals surface area contributed by atoms with Gasteiger partial charge in [0.1, 0.15) is 6.10 Å². The van der Waals surface area contributed by atoms with Crippen molar-refractivity contribution in [1.82, 2.24) is 0 Å². The molecule has 5 nitrogen and oxygen atoms in total. The predicted octanol–water partition coefficient (Wildman–Crippen LogP) is 2.06. The molecular formula is C13H15BrO5. The van der Waals surface area contributed by atoms with Crippen LogP contribution in [0, 0.1) is 0 Å². The summed E-state index contributed by atoms with van der Waals surface area (Å²) in [6.07, 6.45) is -0.567. The summed E-state index contributed by atoms with van der Waals surface area (Å²) in [7, 11) is 3.07. The smallest absolute Gasteiger partial charge is 0.195 e. The second-order valence-electron chi connectivity index (χ2n) is 3.99. The molecule has 19 heavy (non-hydrogen) atoms. The van der Waals surface area contributed by atoms with Gasteiger partial charge in [0.15, 0.2) is 17.3 Å². The molecule has 1 fully saturated rings. The number of Topliss-reactive ketones (excluding diaryl/α,β-unsaturated/α-hetero) is 1. The molecule has 6 heteroatoms. The number of benzene rings is 1. The number of methoxy groups -OCH3 is 2. The zero-order chi connectivity index (χ0) is 13.8. The van der Waals surface area contributed by atoms with Crippen molar-refractivity contribution < 1.29 is 23.7 Å². The Kier molecular flexibility index (Phi) is 4.79. The highest BCUT2D eigenvalue weighted by atomic mass is 79.9. The molecule has 0 aliphatic carbocycles. The van der Waals surface area contributed by atoms with E-state index in [-0.39, 0.29) is 12.4 Å². The number of hydrogen-bond donors (Lipinski definition) is 0. The molecule has 1 aromatic carbocycles. The Morgan fingerprint density at radius 2 is 1.95 bits per heavy atom. The first-order valence-electron chi connectivity index (χ1n) is 5.82. The number of ketones is 1. The number of carbonyl (C=O) groups excluding carboxylic acids is 1. The molecule has 2 rings (SSSR count). The van der Waals surface area contributed by atoms with Crippen molar-refractivity contribution in [3.8, 4) is 11.5 Å². The van der Waals surface area contributed by atoms with Gasteiger partial charge < -0.3 is 18.9 Å². The van der Waals surface area contributed by atoms with Gasteiger partial charge in [0.25, 0.3) is 0 Å². The van der Waals surface area contributed by atoms with Crippen LogP contribution in [0.2, 0.25) is 0 Å². The minimum absolute atomic E-state index is 0.132. The van der Waals surface area contributed by atoms with Gasteiger partial charge in [-0.05, 0) is 28.1 Å². The number of hydrogen-bond acceptors (Lipinski definition) is 5. The molecule has 1 aromatic rings. The Morgan fingerprint density at radius 1 is 1.26 bits per heavy atom. The molecule has 1 aliphatic rings. The fraction of sp³-hybridized carbons (Fsp3) is 0.462. The van der Waals surface area contributed by atoms with E-state index in [0.717, 1.165) is 0 Å². The summed E-state index contributed by atoms with van der Waals surface area (Å²) in [5, 5.41) is 0. The molecular weight excluding hydrogens is 316 g/mol. The standard InChI is InChI=1S/C13H15BrO5/c1-16-10-5-8(9(14)6-11(10)17-2)13(15)12-7-18-3-4-19-12/h5-6,12H,3-4,7H2,1-2H3. The number of rotatable bonds is 4. The molecule has 1 unspecified atom stereocenters. The Labute approximate surface area is 119 Å². The second-order valence-corrected chi connectivity index (χ2v) is 4.84. The molecule has 0 bridgehead atoms. The van der Waals surface area contributed by atoms with Crippen molar-refractivity contribution in [1.29, 1.82) is 0 Å². The zero-order valence-corrected chi connectivity index (χ0v) is 12.4. The van der Waals surface area contributed by atoms with E-state index in [0.29, 0.717) is 34.7 Å². The summed E-state index contributed by atoms with van der Waals surface area (Å²) in [5.74, 6) is 0.935. The minimum atomic E-state index is -0.567. The molecule has 104 valence electrons. The molecule has 0 aromatic heterocycles. The lowest BCUT2D eigenvalue weighted by atomic mass is 10.1. The van der Waals surface area contributed by atoms with Crippen molar-refractivity contribution in [2.75, 3.05) is 34.0 Å². The normalized spacial score (nSPS) is 19.0. The van der Waals surface area contributed by atoms with Crippen LogP contribution < -0.4 is 9.47 Å². The number of halogens is 1. The predicted molar refractivity (Wildman–Crippen MR) is 72.1 cm³/mol. The maximum absolute atomic E-state index is 12.4. The van der Waals surface area contributed by atoms with E-state index >= 15 is 0 Å². The average Bonchev–Trinajstić information content (AvgIpc) is 2.47. The van der Waals surface area contributed by atoms with E-state index in [1.807, 2.05) is 0 Å². The monoisotopic (exact) mass is 330 g/mol. The molecule has 1 atom stereocenters. The fourth-order valence-electron chi connectivity index (χ4n) is 1.86. The van der Waals surface area contributed by atoms with E-state index in [9.17, 15) is 4.79 Å². The molecule has 0 saturated carbocycles. The first-order valence-corrected chi connectivity index (χ1v) is 6.61. The maximum Gasteiger partial charge on any atom is 0.195 e. The molecule has 0 amide bonds. The molecule has 1 saturated heterocycles. The Hall–Kier alpha value is -1.11. The summed E-state index contributed by atoms with van der Waals surface area (Å²) in [6, 6.07) is 3.35. The van der Waals surface area contributed by atoms with Crippen molar-refractivity contribution in [2.24, 2.45) is 0 Å². The van der Waals surface area contributed by atoms with Crippen LogP contribution in [0.4, 0.5) is 0 Å². The second kappa shape index (κ2) is 6.36. The summed E-state index contributed by atoms with van der Waals surface area (Å²) >= 11 is 3.37. The van der Waals surface area contributed by atoms with Crippen LogP contribution in [0.15, 0.2) is 16.6 Å². The Balaban J connectivity index is 2.30. The number of carbonyl (C=O) groups is 1. The van der Waals surface area contributed by atoms with Gasteiger partial charge in [-0.2, -0.15) is 0 Å². The fourth-order valence-corrected chi connectivity index (χ4v) is 2.37. The van der Waals surface area contributed by atoms with Gasteiger partial charge in [0.2, 0.25) is 0 Å². The lowest BCUT2D eigenvalue weighted by Crippen LogP contribution is -2.35. The maximum atomic E-state index is 12.4. The molecule has 0 radical (unpaired) electrons. The molecule has 0 spiro atoms. The third-order valence-electron chi connectivity index (χ3n) is 2.85. The first-order chi connectivity index (χ1) is 9.17. The average molecular weight is 331 g/mol. The van der Waals surface area contributed by atoms with Gasteiger partial charge in [-0.25, -0.2) is 0 Å². The zero-order valence-electron chi connectivity index (χ0n) is 10.8. The van der Waals surface area contributed by atoms with Gasteiger partial charge in [-0.3, -0.25) is 4.79 Å². The van der Waals surface area contributed by atoms with Crippen LogP contribution in [0.3, 0.4) is 0 Å². The van der Waals surface area contributed by atoms with Gasteiger partial charge >= 0.3 is 0 Å². The van der Waals surface area contributed by atoms with E-state index in [4.69, 9.17) is 18.9 Å². The molecule has 1 aliphatic heterocycles. The van der Waals surface area contributed by atoms with E-state index < -0.39 is 6.10 Å². The van der Waals surface area contributed by atoms with Crippen LogP contribution in [0.5, 0.6) is 11.5 Å². The third kappa shape index (κ3) is 3.08. The lowest BCUT2D eigenvalue weighted by Gasteiger charge is -2.22. The third-order valence-corrected chi connectivity index (χ3v) is 3.50. The highest BCUT2D eigenvalue weighted by Gasteiger charge is 2.26. The van der Waals surface area contributed by atoms with Crippen molar-refractivity contribution >= 4 is 21.7 Å². The lowest BCUT2D eigenvalue weighted by molar-refractivity contribution is -0.0719. The van der Waals surface area contributed by atoms with Crippen molar-refractivity contribution in [3.05, 3.63) is 22.2 Å². The van der Waals surface area contributed by atoms with Crippen LogP contribution >= 0.6 is 15.9 Å². The molecule has 0 N–H and O–H groups in total. The summed E-state index contributed by atoms with van der Waals surface area (Å²) in [4.78, 5) is 12.4. The quantitative estimate of drug-likeness (QED) is 0.791. The van der Waals surface area contributed by atoms with Gasteiger partial charge in [-0.15, -0.1) is 0 Å². The van der Waals surface area contributed by atoms with E-state index in [1.54, 1.807) is 19.2 Å². The topological polar surface area (TPSA) is 54.0 Å². The van der Waals surface area contributed by atoms with Crippen LogP contribution in [0.1, 0.15) is 10.4 Å². The van der Waals surface area contributed by atoms with Crippen molar-refractivity contribution in [3.63, 3.8) is 0 Å². The Bertz CT molecular complexity index is 468.